The number of fused-ring (bicyclic) bond motifs is 1. The number of aryl methyl sites for hydroxylation is 2. The zero-order chi connectivity index (χ0) is 23.8. The number of halogens is 4. The largest absolute Gasteiger partial charge is 0.462 e. The molecule has 0 radical (unpaired) electrons. The average molecular weight is 511 g/mol. The molecule has 0 amide bonds. The summed E-state index contributed by atoms with van der Waals surface area (Å²) in [7, 11) is 1.40. The summed E-state index contributed by atoms with van der Waals surface area (Å²) >= 11 is 3.09. The van der Waals surface area contributed by atoms with Crippen molar-refractivity contribution in [1.82, 2.24) is 9.55 Å². The molecule has 1 aromatic carbocycles. The number of aromatic nitrogens is 2. The maximum absolute atomic E-state index is 13.9. The van der Waals surface area contributed by atoms with Gasteiger partial charge in [0.1, 0.15) is 5.52 Å². The third-order valence-corrected chi connectivity index (χ3v) is 5.32. The number of esters is 1. The Labute approximate surface area is 189 Å². The fourth-order valence-corrected chi connectivity index (χ4v) is 3.68. The molecule has 0 aliphatic carbocycles. The van der Waals surface area contributed by atoms with E-state index in [2.05, 4.69) is 26.8 Å². The molecule has 0 aliphatic heterocycles. The van der Waals surface area contributed by atoms with Crippen LogP contribution in [0.2, 0.25) is 0 Å². The predicted octanol–water partition coefficient (Wildman–Crippen LogP) is 3.92. The number of hydrogen-bond acceptors (Lipinski definition) is 4. The van der Waals surface area contributed by atoms with Crippen molar-refractivity contribution in [1.29, 1.82) is 0 Å². The van der Waals surface area contributed by atoms with Crippen molar-refractivity contribution in [2.24, 2.45) is 7.05 Å². The number of H-pyrrole nitrogens is 1. The summed E-state index contributed by atoms with van der Waals surface area (Å²) in [5, 5.41) is 10.6. The Morgan fingerprint density at radius 3 is 2.62 bits per heavy atom. The van der Waals surface area contributed by atoms with Crippen molar-refractivity contribution in [3.05, 3.63) is 67.7 Å². The van der Waals surface area contributed by atoms with Crippen molar-refractivity contribution in [3.8, 4) is 11.8 Å². The number of ether oxygens (including phenoxy) is 1. The van der Waals surface area contributed by atoms with E-state index in [4.69, 9.17) is 4.74 Å². The minimum Gasteiger partial charge on any atom is -0.462 e. The van der Waals surface area contributed by atoms with Gasteiger partial charge in [-0.1, -0.05) is 34.0 Å². The number of pyridine rings is 1. The smallest absolute Gasteiger partial charge is 0.433 e. The molecule has 0 aliphatic rings. The van der Waals surface area contributed by atoms with Gasteiger partial charge in [-0.2, -0.15) is 13.2 Å². The predicted molar refractivity (Wildman–Crippen MR) is 115 cm³/mol. The maximum atomic E-state index is 13.9. The first-order chi connectivity index (χ1) is 14.9. The van der Waals surface area contributed by atoms with Crippen LogP contribution in [0.25, 0.3) is 10.9 Å². The van der Waals surface area contributed by atoms with E-state index in [1.54, 1.807) is 6.92 Å². The molecule has 3 aromatic rings. The fraction of sp³-hybridized carbons (Fsp3) is 0.273. The van der Waals surface area contributed by atoms with Crippen LogP contribution in [0.5, 0.6) is 0 Å². The first-order valence-corrected chi connectivity index (χ1v) is 10.2. The molecule has 1 unspecified atom stereocenters. The lowest BCUT2D eigenvalue weighted by atomic mass is 9.93. The van der Waals surface area contributed by atoms with Crippen LogP contribution >= 0.6 is 15.9 Å². The first-order valence-electron chi connectivity index (χ1n) is 9.38. The molecular weight excluding hydrogens is 493 g/mol. The van der Waals surface area contributed by atoms with E-state index in [0.717, 1.165) is 16.7 Å². The minimum atomic E-state index is -5.13. The van der Waals surface area contributed by atoms with Crippen LogP contribution in [0.15, 0.2) is 39.7 Å². The van der Waals surface area contributed by atoms with Crippen LogP contribution in [0.3, 0.4) is 0 Å². The van der Waals surface area contributed by atoms with Gasteiger partial charge in [0, 0.05) is 34.4 Å². The molecule has 2 N–H and O–H groups in total. The molecule has 0 fully saturated rings. The Morgan fingerprint density at radius 2 is 2.03 bits per heavy atom. The average Bonchev–Trinajstić information content (AvgIpc) is 3.06. The fourth-order valence-electron chi connectivity index (χ4n) is 3.28. The molecule has 32 heavy (non-hydrogen) atoms. The summed E-state index contributed by atoms with van der Waals surface area (Å²) in [6.07, 6.45) is -3.91. The molecule has 0 saturated heterocycles. The van der Waals surface area contributed by atoms with Crippen molar-refractivity contribution >= 4 is 32.8 Å². The van der Waals surface area contributed by atoms with Crippen LogP contribution in [0.4, 0.5) is 13.2 Å². The molecule has 0 saturated carbocycles. The van der Waals surface area contributed by atoms with Gasteiger partial charge >= 0.3 is 12.1 Å². The molecule has 0 bridgehead atoms. The Bertz CT molecular complexity index is 1330. The van der Waals surface area contributed by atoms with E-state index >= 15 is 0 Å². The summed E-state index contributed by atoms with van der Waals surface area (Å²) in [6.45, 7) is 3.20. The Balaban J connectivity index is 2.33. The highest BCUT2D eigenvalue weighted by molar-refractivity contribution is 9.10. The summed E-state index contributed by atoms with van der Waals surface area (Å²) in [5.74, 6) is 3.52. The zero-order valence-corrected chi connectivity index (χ0v) is 18.8. The third kappa shape index (κ3) is 4.06. The summed E-state index contributed by atoms with van der Waals surface area (Å²) < 4.78 is 48.2. The van der Waals surface area contributed by atoms with Gasteiger partial charge in [-0.3, -0.25) is 4.79 Å². The second-order valence-corrected chi connectivity index (χ2v) is 7.94. The Kier molecular flexibility index (Phi) is 6.26. The molecule has 2 heterocycles. The molecule has 2 aromatic heterocycles. The van der Waals surface area contributed by atoms with Gasteiger partial charge in [-0.15, -0.1) is 0 Å². The molecule has 0 spiro atoms. The zero-order valence-electron chi connectivity index (χ0n) is 17.2. The number of carbonyl (C=O) groups excluding carboxylic acids is 1. The van der Waals surface area contributed by atoms with Gasteiger partial charge in [-0.25, -0.2) is 4.79 Å². The van der Waals surface area contributed by atoms with Gasteiger partial charge < -0.3 is 19.4 Å². The second-order valence-electron chi connectivity index (χ2n) is 7.02. The summed E-state index contributed by atoms with van der Waals surface area (Å²) in [5.41, 5.74) is -4.21. The number of nitrogens with one attached hydrogen (secondary N) is 1. The number of carbonyl (C=O) groups is 1. The van der Waals surface area contributed by atoms with Gasteiger partial charge in [0.25, 0.3) is 5.56 Å². The van der Waals surface area contributed by atoms with Gasteiger partial charge in [-0.05, 0) is 31.9 Å². The molecule has 6 nitrogen and oxygen atoms in total. The maximum Gasteiger partial charge on any atom is 0.433 e. The van der Waals surface area contributed by atoms with Crippen molar-refractivity contribution in [2.75, 3.05) is 6.61 Å². The molecule has 168 valence electrons. The Morgan fingerprint density at radius 1 is 1.34 bits per heavy atom. The lowest BCUT2D eigenvalue weighted by Crippen LogP contribution is -2.41. The second kappa shape index (κ2) is 8.48. The van der Waals surface area contributed by atoms with E-state index in [1.165, 1.54) is 32.3 Å². The van der Waals surface area contributed by atoms with Crippen molar-refractivity contribution < 1.29 is 27.8 Å². The normalized spacial score (nSPS) is 13.4. The summed E-state index contributed by atoms with van der Waals surface area (Å²) in [4.78, 5) is 27.8. The highest BCUT2D eigenvalue weighted by atomic mass is 79.9. The number of rotatable bonds is 3. The highest BCUT2D eigenvalue weighted by Gasteiger charge is 2.54. The minimum absolute atomic E-state index is 0.00172. The van der Waals surface area contributed by atoms with Crippen molar-refractivity contribution in [2.45, 2.75) is 25.6 Å². The van der Waals surface area contributed by atoms with Gasteiger partial charge in [0.05, 0.1) is 17.7 Å². The van der Waals surface area contributed by atoms with E-state index in [1.807, 2.05) is 5.92 Å². The number of alkyl halides is 3. The SMILES string of the molecule is CCOC(=O)c1c(C)[nH]c2c(=O)n(C)cc(C#CC(O)(c3cccc(Br)c3)C(F)(F)F)c12. The summed E-state index contributed by atoms with van der Waals surface area (Å²) in [6, 6.07) is 5.08. The van der Waals surface area contributed by atoms with Gasteiger partial charge in [0.2, 0.25) is 5.60 Å². The van der Waals surface area contributed by atoms with E-state index in [0.29, 0.717) is 10.2 Å². The Hall–Kier alpha value is -3.03. The molecular formula is C22H18BrF3N2O4. The van der Waals surface area contributed by atoms with Gasteiger partial charge in [0.15, 0.2) is 0 Å². The van der Waals surface area contributed by atoms with E-state index in [-0.39, 0.29) is 28.6 Å². The molecule has 10 heteroatoms. The lowest BCUT2D eigenvalue weighted by Gasteiger charge is -2.25. The van der Waals surface area contributed by atoms with Crippen molar-refractivity contribution in [3.63, 3.8) is 0 Å². The quantitative estimate of drug-likeness (QED) is 0.413. The standard InChI is InChI=1S/C22H18BrF3N2O4/c1-4-32-20(30)16-12(2)27-18-17(16)13(11-28(3)19(18)29)8-9-21(31,22(24,25)26)14-6-5-7-15(23)10-14/h5-7,10-11,27,31H,4H2,1-3H3. The molecule has 3 rings (SSSR count). The number of aromatic amines is 1. The number of nitrogens with zero attached hydrogens (tertiary/aromatic N) is 1. The first kappa shape index (κ1) is 23.6. The number of aliphatic hydroxyl groups is 1. The van der Waals surface area contributed by atoms with Crippen LogP contribution < -0.4 is 5.56 Å². The van der Waals surface area contributed by atoms with Crippen LogP contribution in [0.1, 0.15) is 34.1 Å². The topological polar surface area (TPSA) is 84.3 Å². The monoisotopic (exact) mass is 510 g/mol. The molecule has 1 atom stereocenters. The lowest BCUT2D eigenvalue weighted by molar-refractivity contribution is -0.240. The highest BCUT2D eigenvalue weighted by Crippen LogP contribution is 2.39. The third-order valence-electron chi connectivity index (χ3n) is 4.82. The van der Waals surface area contributed by atoms with E-state index < -0.39 is 28.9 Å². The van der Waals surface area contributed by atoms with Crippen LogP contribution in [-0.2, 0) is 17.4 Å². The number of benzene rings is 1. The van der Waals surface area contributed by atoms with Crippen LogP contribution in [0, 0.1) is 18.8 Å². The number of hydrogen-bond donors (Lipinski definition) is 2. The van der Waals surface area contributed by atoms with Crippen LogP contribution in [-0.4, -0.2) is 33.4 Å². The van der Waals surface area contributed by atoms with E-state index in [9.17, 15) is 27.9 Å².